The lowest BCUT2D eigenvalue weighted by Crippen LogP contribution is -2.32. The molecule has 5 atom stereocenters. The average molecular weight is 346 g/mol. The van der Waals surface area contributed by atoms with Crippen LogP contribution in [0.25, 0.3) is 0 Å². The van der Waals surface area contributed by atoms with Crippen molar-refractivity contribution >= 4 is 7.60 Å². The molecule has 1 aliphatic heterocycles. The smallest absolute Gasteiger partial charge is 0.351 e. The number of hydrogen-bond donors (Lipinski definition) is 1. The summed E-state index contributed by atoms with van der Waals surface area (Å²) in [5.74, 6) is -0.932. The Kier molecular flexibility index (Phi) is 5.18. The highest BCUT2D eigenvalue weighted by Gasteiger charge is 2.46. The van der Waals surface area contributed by atoms with Crippen LogP contribution >= 0.6 is 7.60 Å². The van der Waals surface area contributed by atoms with E-state index in [4.69, 9.17) is 12.2 Å². The van der Waals surface area contributed by atoms with Crippen molar-refractivity contribution in [3.05, 3.63) is 47.7 Å². The van der Waals surface area contributed by atoms with Gasteiger partial charge in [0.2, 0.25) is 0 Å². The van der Waals surface area contributed by atoms with Gasteiger partial charge in [0.25, 0.3) is 0 Å². The van der Waals surface area contributed by atoms with E-state index < -0.39 is 43.9 Å². The van der Waals surface area contributed by atoms with E-state index in [0.29, 0.717) is 5.56 Å². The zero-order valence-electron chi connectivity index (χ0n) is 15.2. The molecule has 1 aromatic rings. The van der Waals surface area contributed by atoms with Crippen LogP contribution in [0.3, 0.4) is 0 Å². The largest absolute Gasteiger partial charge is 0.369 e. The van der Waals surface area contributed by atoms with Crippen molar-refractivity contribution in [2.75, 3.05) is 7.11 Å². The fourth-order valence-corrected chi connectivity index (χ4v) is 2.70. The third-order valence-electron chi connectivity index (χ3n) is 3.35. The first kappa shape index (κ1) is 15.5. The van der Waals surface area contributed by atoms with Crippen molar-refractivity contribution in [3.8, 4) is 0 Å². The molecular weight excluding hydrogens is 322 g/mol. The van der Waals surface area contributed by atoms with E-state index in [-0.39, 0.29) is 6.10 Å². The first-order valence-electron chi connectivity index (χ1n) is 8.25. The van der Waals surface area contributed by atoms with Crippen LogP contribution in [0.4, 0.5) is 4.39 Å². The van der Waals surface area contributed by atoms with E-state index in [1.807, 2.05) is 0 Å². The van der Waals surface area contributed by atoms with Gasteiger partial charge in [0.15, 0.2) is 6.17 Å². The Balaban J connectivity index is 2.40. The SMILES string of the molecule is [2H]/C(=C(/[2H])P(=O)(O)OC)[C@H]1O[C@@H](c2ccccc2)[C@H](F)[C@@H]1OC(C)C. The molecule has 1 heterocycles. The minimum atomic E-state index is -4.44. The number of alkyl halides is 1. The minimum Gasteiger partial charge on any atom is -0.369 e. The van der Waals surface area contributed by atoms with E-state index >= 15 is 0 Å². The molecule has 128 valence electrons. The highest BCUT2D eigenvalue weighted by molar-refractivity contribution is 7.56. The van der Waals surface area contributed by atoms with E-state index in [2.05, 4.69) is 4.52 Å². The maximum atomic E-state index is 15.0. The van der Waals surface area contributed by atoms with Crippen molar-refractivity contribution in [3.63, 3.8) is 0 Å². The predicted molar refractivity (Wildman–Crippen MR) is 84.9 cm³/mol. The van der Waals surface area contributed by atoms with Crippen LogP contribution in [0.2, 0.25) is 0 Å². The molecule has 0 amide bonds. The number of halogens is 1. The zero-order chi connectivity index (χ0) is 18.8. The number of ether oxygens (including phenoxy) is 2. The lowest BCUT2D eigenvalue weighted by Gasteiger charge is -2.20. The molecule has 1 N–H and O–H groups in total. The first-order valence-corrected chi connectivity index (χ1v) is 8.83. The third kappa shape index (κ3) is 4.72. The van der Waals surface area contributed by atoms with Gasteiger partial charge in [0, 0.05) is 12.9 Å². The van der Waals surface area contributed by atoms with Gasteiger partial charge in [-0.25, -0.2) is 4.39 Å². The molecule has 1 unspecified atom stereocenters. The molecule has 7 heteroatoms. The van der Waals surface area contributed by atoms with E-state index in [0.717, 1.165) is 7.11 Å². The normalized spacial score (nSPS) is 33.0. The van der Waals surface area contributed by atoms with E-state index in [1.165, 1.54) is 0 Å². The van der Waals surface area contributed by atoms with Crippen LogP contribution in [0.1, 0.15) is 28.3 Å². The standard InChI is InChI=1S/C16H22FO5P/c1-11(2)21-16-13(9-10-23(18,19)20-3)22-15(14(16)17)12-7-5-4-6-8-12/h4-11,13-16H,1-3H3,(H,18,19)/b10-9+/t13-,14+,15+,16-/m1/s1/i9D,10D. The first-order chi connectivity index (χ1) is 11.7. The molecule has 23 heavy (non-hydrogen) atoms. The summed E-state index contributed by atoms with van der Waals surface area (Å²) in [5.41, 5.74) is 0.563. The summed E-state index contributed by atoms with van der Waals surface area (Å²) >= 11 is 0. The van der Waals surface area contributed by atoms with E-state index in [9.17, 15) is 13.8 Å². The van der Waals surface area contributed by atoms with Crippen LogP contribution in [0.15, 0.2) is 42.2 Å². The molecule has 1 aliphatic rings. The summed E-state index contributed by atoms with van der Waals surface area (Å²) in [6.07, 6.45) is -5.40. The molecular formula is C16H22FO5P. The Hall–Kier alpha value is -1.04. The van der Waals surface area contributed by atoms with Gasteiger partial charge >= 0.3 is 7.60 Å². The number of rotatable bonds is 6. The van der Waals surface area contributed by atoms with Gasteiger partial charge in [-0.1, -0.05) is 30.3 Å². The van der Waals surface area contributed by atoms with Gasteiger partial charge in [-0.2, -0.15) is 0 Å². The molecule has 1 fully saturated rings. The van der Waals surface area contributed by atoms with Crippen LogP contribution in [0.5, 0.6) is 0 Å². The summed E-state index contributed by atoms with van der Waals surface area (Å²) in [7, 11) is -3.48. The van der Waals surface area contributed by atoms with Crippen LogP contribution < -0.4 is 0 Å². The zero-order valence-corrected chi connectivity index (χ0v) is 14.1. The maximum Gasteiger partial charge on any atom is 0.351 e. The summed E-state index contributed by atoms with van der Waals surface area (Å²) in [4.78, 5) is 9.62. The summed E-state index contributed by atoms with van der Waals surface area (Å²) in [5, 5.41) is 0. The van der Waals surface area contributed by atoms with Gasteiger partial charge in [-0.3, -0.25) is 4.57 Å². The Morgan fingerprint density at radius 3 is 2.65 bits per heavy atom. The monoisotopic (exact) mass is 346 g/mol. The predicted octanol–water partition coefficient (Wildman–Crippen LogP) is 3.60. The number of benzene rings is 1. The van der Waals surface area contributed by atoms with Crippen molar-refractivity contribution < 1.29 is 30.6 Å². The van der Waals surface area contributed by atoms with Crippen LogP contribution in [0, 0.1) is 0 Å². The van der Waals surface area contributed by atoms with Crippen molar-refractivity contribution in [2.24, 2.45) is 0 Å². The summed E-state index contributed by atoms with van der Waals surface area (Å²) in [6.45, 7) is 3.42. The second-order valence-electron chi connectivity index (χ2n) is 5.44. The fourth-order valence-electron chi connectivity index (χ4n) is 2.32. The second-order valence-corrected chi connectivity index (χ2v) is 7.07. The lowest BCUT2D eigenvalue weighted by atomic mass is 10.0. The molecule has 1 aromatic carbocycles. The Labute approximate surface area is 138 Å². The molecule has 0 aromatic heterocycles. The molecule has 5 nitrogen and oxygen atoms in total. The quantitative estimate of drug-likeness (QED) is 0.797. The topological polar surface area (TPSA) is 65.0 Å². The average Bonchev–Trinajstić information content (AvgIpc) is 2.90. The molecule has 0 spiro atoms. The van der Waals surface area contributed by atoms with Gasteiger partial charge in [-0.15, -0.1) is 0 Å². The van der Waals surface area contributed by atoms with Gasteiger partial charge in [-0.05, 0) is 25.5 Å². The van der Waals surface area contributed by atoms with Crippen molar-refractivity contribution in [1.82, 2.24) is 0 Å². The molecule has 0 radical (unpaired) electrons. The van der Waals surface area contributed by atoms with Gasteiger partial charge < -0.3 is 18.9 Å². The highest BCUT2D eigenvalue weighted by Crippen LogP contribution is 2.44. The lowest BCUT2D eigenvalue weighted by molar-refractivity contribution is -0.0388. The molecule has 1 saturated heterocycles. The molecule has 0 saturated carbocycles. The highest BCUT2D eigenvalue weighted by atomic mass is 31.2. The van der Waals surface area contributed by atoms with Crippen molar-refractivity contribution in [2.45, 2.75) is 44.4 Å². The maximum absolute atomic E-state index is 15.0. The molecule has 2 rings (SSSR count). The molecule has 0 bridgehead atoms. The van der Waals surface area contributed by atoms with Crippen LogP contribution in [-0.2, 0) is 18.6 Å². The minimum absolute atomic E-state index is 0.353. The van der Waals surface area contributed by atoms with Gasteiger partial charge in [0.1, 0.15) is 18.3 Å². The Bertz CT molecular complexity index is 670. The number of hydrogen-bond acceptors (Lipinski definition) is 4. The third-order valence-corrected chi connectivity index (χ3v) is 4.25. The van der Waals surface area contributed by atoms with Crippen LogP contribution in [-0.4, -0.2) is 36.5 Å². The summed E-state index contributed by atoms with van der Waals surface area (Å²) in [6, 6.07) is 8.00. The van der Waals surface area contributed by atoms with E-state index in [1.54, 1.807) is 44.2 Å². The summed E-state index contributed by atoms with van der Waals surface area (Å²) < 4.78 is 58.2. The van der Waals surface area contributed by atoms with Gasteiger partial charge in [0.05, 0.1) is 8.85 Å². The fraction of sp³-hybridized carbons (Fsp3) is 0.500. The Morgan fingerprint density at radius 2 is 2.09 bits per heavy atom. The van der Waals surface area contributed by atoms with Crippen molar-refractivity contribution in [1.29, 1.82) is 0 Å². The second kappa shape index (κ2) is 7.69. The molecule has 0 aliphatic carbocycles. The Morgan fingerprint density at radius 1 is 1.43 bits per heavy atom.